The number of hydrogen-bond donors (Lipinski definition) is 2. The van der Waals surface area contributed by atoms with Crippen LogP contribution in [0.3, 0.4) is 0 Å². The van der Waals surface area contributed by atoms with E-state index >= 15 is 0 Å². The molecule has 2 aromatic heterocycles. The summed E-state index contributed by atoms with van der Waals surface area (Å²) in [6, 6.07) is 17.7. The number of benzene rings is 2. The number of fused-ring (bicyclic) bond motifs is 2. The monoisotopic (exact) mass is 675 g/mol. The number of nitrogen functional groups attached to an aromatic ring is 2. The van der Waals surface area contributed by atoms with Gasteiger partial charge in [-0.1, -0.05) is 36.4 Å². The quantitative estimate of drug-likeness (QED) is 0.267. The van der Waals surface area contributed by atoms with Crippen molar-refractivity contribution in [2.45, 2.75) is 0 Å². The molecule has 0 amide bonds. The third kappa shape index (κ3) is 6.06. The van der Waals surface area contributed by atoms with Crippen LogP contribution < -0.4 is 22.7 Å². The van der Waals surface area contributed by atoms with Gasteiger partial charge < -0.3 is 20.3 Å². The number of rotatable bonds is 0. The minimum atomic E-state index is -0.478. The van der Waals surface area contributed by atoms with Crippen LogP contribution in [-0.4, -0.2) is 0 Å². The Hall–Kier alpha value is -1.89. The van der Waals surface area contributed by atoms with E-state index in [9.17, 15) is 9.59 Å². The summed E-state index contributed by atoms with van der Waals surface area (Å²) in [6.07, 6.45) is 0. The summed E-state index contributed by atoms with van der Waals surface area (Å²) in [5.74, 6) is 0. The molecule has 0 bridgehead atoms. The van der Waals surface area contributed by atoms with E-state index in [2.05, 4.69) is 26.6 Å². The normalized spacial score (nSPS) is 10.0. The van der Waals surface area contributed by atoms with Crippen molar-refractivity contribution >= 4 is 59.9 Å². The van der Waals surface area contributed by atoms with Crippen molar-refractivity contribution in [2.24, 2.45) is 0 Å². The Kier molecular flexibility index (Phi) is 8.28. The van der Waals surface area contributed by atoms with Crippen molar-refractivity contribution in [1.29, 1.82) is 0 Å². The first-order chi connectivity index (χ1) is 13.0. The Morgan fingerprint density at radius 3 is 1.41 bits per heavy atom. The second-order valence-electron chi connectivity index (χ2n) is 5.10. The summed E-state index contributed by atoms with van der Waals surface area (Å²) < 4.78 is 9.82. The number of para-hydroxylation sites is 2. The number of anilines is 2. The second-order valence-corrected chi connectivity index (χ2v) is 15.0. The molecule has 27 heavy (non-hydrogen) atoms. The first-order valence-corrected chi connectivity index (χ1v) is 17.3. The maximum atomic E-state index is 10.9. The van der Waals surface area contributed by atoms with Crippen LogP contribution >= 0.6 is 26.6 Å². The average molecular weight is 677 g/mol. The fraction of sp³-hybridized carbons (Fsp3) is 0. The zero-order valence-corrected chi connectivity index (χ0v) is 19.1. The first-order valence-electron chi connectivity index (χ1n) is 7.35. The molecule has 2 aromatic carbocycles. The topological polar surface area (TPSA) is 112 Å². The molecule has 4 aromatic rings. The van der Waals surface area contributed by atoms with E-state index in [1.807, 2.05) is 36.4 Å². The third-order valence-corrected chi connectivity index (χ3v) is 3.34. The van der Waals surface area contributed by atoms with Crippen LogP contribution in [0.4, 0.5) is 11.4 Å². The summed E-state index contributed by atoms with van der Waals surface area (Å²) >= 11 is 6.56. The van der Waals surface area contributed by atoms with Crippen molar-refractivity contribution in [1.82, 2.24) is 0 Å². The molecule has 0 spiro atoms. The van der Waals surface area contributed by atoms with E-state index < -0.39 is 11.3 Å². The Bertz CT molecular complexity index is 1070. The summed E-state index contributed by atoms with van der Waals surface area (Å²) in [5.41, 5.74) is 11.2. The van der Waals surface area contributed by atoms with Crippen molar-refractivity contribution in [3.8, 4) is 0 Å². The molecular formula is C18H14Br2N2O4Pt. The fourth-order valence-corrected chi connectivity index (χ4v) is 2.16. The van der Waals surface area contributed by atoms with Gasteiger partial charge in [0.25, 0.3) is 0 Å². The summed E-state index contributed by atoms with van der Waals surface area (Å²) in [4.78, 5) is 21.9. The Morgan fingerprint density at radius 1 is 0.704 bits per heavy atom. The maximum absolute atomic E-state index is 10.9. The SMILES string of the molecule is Nc1cc2ccccc2oc1=O.Nc1cc2ccccc2oc1=O.[Br][Pt][Br]. The molecule has 0 fully saturated rings. The second kappa shape index (κ2) is 10.4. The summed E-state index contributed by atoms with van der Waals surface area (Å²) in [7, 11) is 0. The van der Waals surface area contributed by atoms with Gasteiger partial charge in [0, 0.05) is 10.8 Å². The van der Waals surface area contributed by atoms with Crippen molar-refractivity contribution < 1.29 is 23.3 Å². The number of hydrogen-bond acceptors (Lipinski definition) is 6. The molecule has 2 heterocycles. The molecule has 0 aliphatic heterocycles. The summed E-state index contributed by atoms with van der Waals surface area (Å²) in [5, 5.41) is 1.68. The Labute approximate surface area is 175 Å². The van der Waals surface area contributed by atoms with E-state index in [0.29, 0.717) is 11.2 Å². The van der Waals surface area contributed by atoms with Gasteiger partial charge in [-0.05, 0) is 24.3 Å². The standard InChI is InChI=1S/2C9H7NO2.2BrH.Pt/c2*10-7-5-6-3-1-2-4-8(6)12-9(7)11;;;/h2*1-5H,10H2;2*1H;/q;;;;+2/p-2. The molecule has 0 aliphatic carbocycles. The van der Waals surface area contributed by atoms with E-state index in [4.69, 9.17) is 20.3 Å². The predicted molar refractivity (Wildman–Crippen MR) is 112 cm³/mol. The molecule has 0 saturated heterocycles. The van der Waals surface area contributed by atoms with Crippen LogP contribution in [0, 0.1) is 0 Å². The molecule has 0 radical (unpaired) electrons. The molecule has 0 saturated carbocycles. The molecule has 144 valence electrons. The molecule has 4 N–H and O–H groups in total. The van der Waals surface area contributed by atoms with Crippen molar-refractivity contribution in [3.05, 3.63) is 81.5 Å². The van der Waals surface area contributed by atoms with Crippen LogP contribution in [0.15, 0.2) is 79.1 Å². The van der Waals surface area contributed by atoms with Gasteiger partial charge in [0.15, 0.2) is 0 Å². The average Bonchev–Trinajstić information content (AvgIpc) is 2.65. The van der Waals surface area contributed by atoms with Crippen LogP contribution in [-0.2, 0) is 14.5 Å². The van der Waals surface area contributed by atoms with Gasteiger partial charge in [0.1, 0.15) is 22.5 Å². The van der Waals surface area contributed by atoms with E-state index in [1.54, 1.807) is 24.3 Å². The van der Waals surface area contributed by atoms with E-state index in [-0.39, 0.29) is 25.8 Å². The number of halogens is 2. The summed E-state index contributed by atoms with van der Waals surface area (Å²) in [6.45, 7) is 0. The molecular weight excluding hydrogens is 663 g/mol. The Balaban J connectivity index is 0.000000170. The van der Waals surface area contributed by atoms with Crippen molar-refractivity contribution in [3.63, 3.8) is 0 Å². The third-order valence-electron chi connectivity index (χ3n) is 3.34. The van der Waals surface area contributed by atoms with Gasteiger partial charge in [-0.15, -0.1) is 0 Å². The van der Waals surface area contributed by atoms with E-state index in [1.165, 1.54) is 0 Å². The zero-order valence-electron chi connectivity index (χ0n) is 13.6. The minimum absolute atomic E-state index is 0.147. The zero-order chi connectivity index (χ0) is 19.8. The molecule has 0 unspecified atom stereocenters. The van der Waals surface area contributed by atoms with Crippen LogP contribution in [0.5, 0.6) is 0 Å². The van der Waals surface area contributed by atoms with Gasteiger partial charge in [-0.3, -0.25) is 0 Å². The Morgan fingerprint density at radius 2 is 1.04 bits per heavy atom. The van der Waals surface area contributed by atoms with Crippen LogP contribution in [0.1, 0.15) is 0 Å². The molecule has 0 atom stereocenters. The van der Waals surface area contributed by atoms with Gasteiger partial charge in [-0.25, -0.2) is 9.59 Å². The van der Waals surface area contributed by atoms with Gasteiger partial charge >= 0.3 is 52.3 Å². The first kappa shape index (κ1) is 21.4. The van der Waals surface area contributed by atoms with Gasteiger partial charge in [0.05, 0.1) is 0 Å². The van der Waals surface area contributed by atoms with Gasteiger partial charge in [0.2, 0.25) is 0 Å². The predicted octanol–water partition coefficient (Wildman–Crippen LogP) is 4.44. The van der Waals surface area contributed by atoms with Crippen molar-refractivity contribution in [2.75, 3.05) is 11.5 Å². The molecule has 6 nitrogen and oxygen atoms in total. The fourth-order valence-electron chi connectivity index (χ4n) is 2.16. The molecule has 9 heteroatoms. The van der Waals surface area contributed by atoms with Crippen LogP contribution in [0.25, 0.3) is 21.9 Å². The molecule has 0 aliphatic rings. The number of nitrogens with two attached hydrogens (primary N) is 2. The van der Waals surface area contributed by atoms with E-state index in [0.717, 1.165) is 10.8 Å². The molecule has 4 rings (SSSR count). The van der Waals surface area contributed by atoms with Crippen LogP contribution in [0.2, 0.25) is 0 Å². The van der Waals surface area contributed by atoms with Gasteiger partial charge in [-0.2, -0.15) is 0 Å².